The monoisotopic (exact) mass is 213 g/mol. The molecule has 0 bridgehead atoms. The maximum Gasteiger partial charge on any atom is 0.0125 e. The maximum absolute atomic E-state index is 3.68. The second-order valence-electron chi connectivity index (χ2n) is 5.60. The van der Waals surface area contributed by atoms with Crippen LogP contribution in [0.25, 0.3) is 0 Å². The van der Waals surface area contributed by atoms with Crippen LogP contribution in [0.5, 0.6) is 0 Å². The van der Waals surface area contributed by atoms with Crippen molar-refractivity contribution in [2.45, 2.75) is 78.7 Å². The Balaban J connectivity index is 3.55. The van der Waals surface area contributed by atoms with E-state index in [1.165, 1.54) is 45.1 Å². The molecule has 0 aromatic rings. The van der Waals surface area contributed by atoms with Gasteiger partial charge in [-0.25, -0.2) is 0 Å². The van der Waals surface area contributed by atoms with Gasteiger partial charge in [0, 0.05) is 5.54 Å². The zero-order chi connectivity index (χ0) is 11.7. The molecular weight excluding hydrogens is 182 g/mol. The highest BCUT2D eigenvalue weighted by atomic mass is 14.9. The van der Waals surface area contributed by atoms with Crippen molar-refractivity contribution in [2.75, 3.05) is 6.54 Å². The third-order valence-corrected chi connectivity index (χ3v) is 3.18. The fourth-order valence-corrected chi connectivity index (χ4v) is 2.00. The lowest BCUT2D eigenvalue weighted by Crippen LogP contribution is -2.40. The molecule has 0 aromatic carbocycles. The van der Waals surface area contributed by atoms with Crippen molar-refractivity contribution in [3.63, 3.8) is 0 Å². The van der Waals surface area contributed by atoms with E-state index in [4.69, 9.17) is 0 Å². The Morgan fingerprint density at radius 3 is 2.27 bits per heavy atom. The predicted octanol–water partition coefficient (Wildman–Crippen LogP) is 4.37. The molecule has 1 N–H and O–H groups in total. The molecule has 0 amide bonds. The van der Waals surface area contributed by atoms with Crippen LogP contribution in [0, 0.1) is 5.92 Å². The van der Waals surface area contributed by atoms with Gasteiger partial charge in [-0.2, -0.15) is 0 Å². The number of unbranched alkanes of at least 4 members (excludes halogenated alkanes) is 1. The van der Waals surface area contributed by atoms with Crippen LogP contribution in [0.3, 0.4) is 0 Å². The second kappa shape index (κ2) is 8.15. The summed E-state index contributed by atoms with van der Waals surface area (Å²) in [6.45, 7) is 12.7. The first kappa shape index (κ1) is 15.0. The number of hydrogen-bond acceptors (Lipinski definition) is 1. The quantitative estimate of drug-likeness (QED) is 0.599. The van der Waals surface area contributed by atoms with E-state index in [0.717, 1.165) is 5.92 Å². The number of nitrogens with one attached hydrogen (secondary N) is 1. The van der Waals surface area contributed by atoms with E-state index < -0.39 is 0 Å². The third-order valence-electron chi connectivity index (χ3n) is 3.18. The molecule has 1 atom stereocenters. The van der Waals surface area contributed by atoms with Crippen LogP contribution in [0.15, 0.2) is 0 Å². The van der Waals surface area contributed by atoms with Gasteiger partial charge >= 0.3 is 0 Å². The van der Waals surface area contributed by atoms with Crippen molar-refractivity contribution in [3.05, 3.63) is 0 Å². The molecule has 1 nitrogen and oxygen atoms in total. The van der Waals surface area contributed by atoms with Gasteiger partial charge in [0.25, 0.3) is 0 Å². The summed E-state index contributed by atoms with van der Waals surface area (Å²) in [6, 6.07) is 0. The molecule has 92 valence electrons. The Morgan fingerprint density at radius 1 is 1.07 bits per heavy atom. The molecule has 0 aliphatic rings. The van der Waals surface area contributed by atoms with Crippen LogP contribution >= 0.6 is 0 Å². The summed E-state index contributed by atoms with van der Waals surface area (Å²) in [4.78, 5) is 0. The lowest BCUT2D eigenvalue weighted by atomic mass is 9.96. The third kappa shape index (κ3) is 8.92. The fraction of sp³-hybridized carbons (Fsp3) is 1.00. The van der Waals surface area contributed by atoms with Crippen molar-refractivity contribution in [3.8, 4) is 0 Å². The van der Waals surface area contributed by atoms with Crippen LogP contribution in [0.2, 0.25) is 0 Å². The summed E-state index contributed by atoms with van der Waals surface area (Å²) in [7, 11) is 0. The molecule has 1 heteroatoms. The highest BCUT2D eigenvalue weighted by molar-refractivity contribution is 4.77. The van der Waals surface area contributed by atoms with Crippen LogP contribution in [-0.2, 0) is 0 Å². The van der Waals surface area contributed by atoms with Gasteiger partial charge in [0.15, 0.2) is 0 Å². The van der Waals surface area contributed by atoms with E-state index in [0.29, 0.717) is 5.54 Å². The first-order valence-corrected chi connectivity index (χ1v) is 6.77. The summed E-state index contributed by atoms with van der Waals surface area (Å²) in [5, 5.41) is 3.68. The zero-order valence-electron chi connectivity index (χ0n) is 11.5. The van der Waals surface area contributed by atoms with Crippen molar-refractivity contribution in [1.82, 2.24) is 5.32 Å². The van der Waals surface area contributed by atoms with Crippen molar-refractivity contribution < 1.29 is 0 Å². The van der Waals surface area contributed by atoms with Crippen molar-refractivity contribution in [1.29, 1.82) is 0 Å². The molecule has 0 aliphatic carbocycles. The van der Waals surface area contributed by atoms with Crippen LogP contribution in [0.4, 0.5) is 0 Å². The lowest BCUT2D eigenvalue weighted by molar-refractivity contribution is 0.333. The molecule has 1 unspecified atom stereocenters. The lowest BCUT2D eigenvalue weighted by Gasteiger charge is -2.27. The molecule has 15 heavy (non-hydrogen) atoms. The molecular formula is C14H31N. The minimum atomic E-state index is 0.335. The molecule has 0 radical (unpaired) electrons. The summed E-state index contributed by atoms with van der Waals surface area (Å²) in [5.74, 6) is 0.879. The molecule has 0 saturated carbocycles. The van der Waals surface area contributed by atoms with Gasteiger partial charge in [0.1, 0.15) is 0 Å². The number of rotatable bonds is 9. The van der Waals surface area contributed by atoms with E-state index in [1.54, 1.807) is 0 Å². The van der Waals surface area contributed by atoms with E-state index in [1.807, 2.05) is 0 Å². The van der Waals surface area contributed by atoms with Gasteiger partial charge in [-0.3, -0.25) is 0 Å². The zero-order valence-corrected chi connectivity index (χ0v) is 11.5. The van der Waals surface area contributed by atoms with E-state index >= 15 is 0 Å². The minimum Gasteiger partial charge on any atom is -0.312 e. The van der Waals surface area contributed by atoms with Gasteiger partial charge in [0.2, 0.25) is 0 Å². The predicted molar refractivity (Wildman–Crippen MR) is 70.3 cm³/mol. The highest BCUT2D eigenvalue weighted by Crippen LogP contribution is 2.14. The number of hydrogen-bond donors (Lipinski definition) is 1. The van der Waals surface area contributed by atoms with Crippen molar-refractivity contribution in [2.24, 2.45) is 5.92 Å². The van der Waals surface area contributed by atoms with Crippen LogP contribution < -0.4 is 5.32 Å². The Morgan fingerprint density at radius 2 is 1.73 bits per heavy atom. The Hall–Kier alpha value is -0.0400. The fourth-order valence-electron chi connectivity index (χ4n) is 2.00. The first-order valence-electron chi connectivity index (χ1n) is 6.77. The normalized spacial score (nSPS) is 14.2. The Bertz CT molecular complexity index is 140. The molecule has 0 fully saturated rings. The summed E-state index contributed by atoms with van der Waals surface area (Å²) >= 11 is 0. The van der Waals surface area contributed by atoms with Crippen LogP contribution in [0.1, 0.15) is 73.1 Å². The molecule has 0 rings (SSSR count). The average molecular weight is 213 g/mol. The second-order valence-corrected chi connectivity index (χ2v) is 5.60. The van der Waals surface area contributed by atoms with Gasteiger partial charge in [-0.15, -0.1) is 0 Å². The standard InChI is InChI=1S/C14H31N/c1-6-8-11-14(4,5)15-12-10-13(3)9-7-2/h13,15H,6-12H2,1-5H3. The average Bonchev–Trinajstić information content (AvgIpc) is 2.15. The molecule has 0 aromatic heterocycles. The van der Waals surface area contributed by atoms with Gasteiger partial charge in [0.05, 0.1) is 0 Å². The SMILES string of the molecule is CCCCC(C)(C)NCCC(C)CCC. The van der Waals surface area contributed by atoms with Crippen LogP contribution in [-0.4, -0.2) is 12.1 Å². The summed E-state index contributed by atoms with van der Waals surface area (Å²) < 4.78 is 0. The maximum atomic E-state index is 3.68. The smallest absolute Gasteiger partial charge is 0.0125 e. The molecule has 0 spiro atoms. The largest absolute Gasteiger partial charge is 0.312 e. The van der Waals surface area contributed by atoms with Gasteiger partial charge in [-0.1, -0.05) is 46.5 Å². The first-order chi connectivity index (χ1) is 7.02. The molecule has 0 heterocycles. The topological polar surface area (TPSA) is 12.0 Å². The van der Waals surface area contributed by atoms with Gasteiger partial charge in [-0.05, 0) is 39.2 Å². The summed E-state index contributed by atoms with van der Waals surface area (Å²) in [5.41, 5.74) is 0.335. The minimum absolute atomic E-state index is 0.335. The summed E-state index contributed by atoms with van der Waals surface area (Å²) in [6.07, 6.45) is 7.95. The molecule has 0 saturated heterocycles. The molecule has 0 aliphatic heterocycles. The van der Waals surface area contributed by atoms with E-state index in [9.17, 15) is 0 Å². The van der Waals surface area contributed by atoms with E-state index in [2.05, 4.69) is 39.9 Å². The Kier molecular flexibility index (Phi) is 8.13. The van der Waals surface area contributed by atoms with E-state index in [-0.39, 0.29) is 0 Å². The Labute approximate surface area is 97.0 Å². The highest BCUT2D eigenvalue weighted by Gasteiger charge is 2.15. The van der Waals surface area contributed by atoms with Gasteiger partial charge < -0.3 is 5.32 Å². The van der Waals surface area contributed by atoms with Crippen molar-refractivity contribution >= 4 is 0 Å².